The fraction of sp³-hybridized carbons (Fsp3) is 0.455. The summed E-state index contributed by atoms with van der Waals surface area (Å²) in [6.07, 6.45) is -5.30. The van der Waals surface area contributed by atoms with Gasteiger partial charge >= 0.3 is 6.18 Å². The van der Waals surface area contributed by atoms with Gasteiger partial charge in [-0.3, -0.25) is 0 Å². The second kappa shape index (κ2) is 5.01. The third-order valence-electron chi connectivity index (χ3n) is 2.52. The summed E-state index contributed by atoms with van der Waals surface area (Å²) in [6, 6.07) is 1.53. The third-order valence-corrected chi connectivity index (χ3v) is 2.52. The monoisotopic (exact) mass is 251 g/mol. The molecular weight excluding hydrogens is 238 g/mol. The van der Waals surface area contributed by atoms with Crippen LogP contribution in [0.2, 0.25) is 0 Å². The smallest absolute Gasteiger partial charge is 0.391 e. The highest BCUT2D eigenvalue weighted by Gasteiger charge is 2.34. The first kappa shape index (κ1) is 13.9. The average Bonchev–Trinajstić information content (AvgIpc) is 2.25. The van der Waals surface area contributed by atoms with Crippen LogP contribution in [0.25, 0.3) is 0 Å². The molecule has 0 amide bonds. The highest BCUT2D eigenvalue weighted by atomic mass is 19.4. The van der Waals surface area contributed by atoms with Gasteiger partial charge in [-0.15, -0.1) is 0 Å². The Balaban J connectivity index is 3.05. The van der Waals surface area contributed by atoms with Crippen LogP contribution in [-0.4, -0.2) is 11.2 Å². The molecule has 0 aliphatic carbocycles. The lowest BCUT2D eigenvalue weighted by Gasteiger charge is -2.18. The van der Waals surface area contributed by atoms with Crippen LogP contribution >= 0.6 is 0 Å². The molecule has 2 nitrogen and oxygen atoms in total. The maximum atomic E-state index is 13.2. The van der Waals surface area contributed by atoms with Gasteiger partial charge in [0.05, 0.1) is 17.7 Å². The highest BCUT2D eigenvalue weighted by Crippen LogP contribution is 2.32. The third kappa shape index (κ3) is 3.17. The molecule has 0 spiro atoms. The van der Waals surface area contributed by atoms with Crippen molar-refractivity contribution in [3.8, 4) is 0 Å². The number of alkyl halides is 3. The van der Waals surface area contributed by atoms with E-state index in [2.05, 4.69) is 0 Å². The zero-order chi connectivity index (χ0) is 13.2. The van der Waals surface area contributed by atoms with Crippen LogP contribution in [0.3, 0.4) is 0 Å². The van der Waals surface area contributed by atoms with E-state index in [0.717, 1.165) is 6.07 Å². The molecule has 0 unspecified atom stereocenters. The molecule has 0 bridgehead atoms. The Morgan fingerprint density at radius 3 is 2.35 bits per heavy atom. The second-order valence-electron chi connectivity index (χ2n) is 3.74. The van der Waals surface area contributed by atoms with Gasteiger partial charge in [-0.05, 0) is 24.1 Å². The number of aliphatic hydroxyl groups is 1. The molecule has 96 valence electrons. The second-order valence-corrected chi connectivity index (χ2v) is 3.74. The van der Waals surface area contributed by atoms with E-state index >= 15 is 0 Å². The minimum atomic E-state index is -4.73. The van der Waals surface area contributed by atoms with Crippen LogP contribution in [0.15, 0.2) is 18.2 Å². The molecule has 1 aromatic carbocycles. The van der Waals surface area contributed by atoms with Crippen molar-refractivity contribution in [2.75, 3.05) is 0 Å². The lowest BCUT2D eigenvalue weighted by molar-refractivity contribution is -0.140. The molecule has 17 heavy (non-hydrogen) atoms. The van der Waals surface area contributed by atoms with E-state index < -0.39 is 29.7 Å². The largest absolute Gasteiger partial charge is 0.419 e. The quantitative estimate of drug-likeness (QED) is 0.811. The molecule has 1 rings (SSSR count). The van der Waals surface area contributed by atoms with E-state index in [9.17, 15) is 22.7 Å². The molecular formula is C11H13F4NO. The summed E-state index contributed by atoms with van der Waals surface area (Å²) in [6.45, 7) is 1.67. The van der Waals surface area contributed by atoms with Crippen molar-refractivity contribution < 1.29 is 22.7 Å². The van der Waals surface area contributed by atoms with Crippen LogP contribution in [-0.2, 0) is 6.18 Å². The minimum absolute atomic E-state index is 0.143. The number of benzene rings is 1. The number of nitrogens with two attached hydrogens (primary N) is 1. The fourth-order valence-corrected chi connectivity index (χ4v) is 1.44. The van der Waals surface area contributed by atoms with Crippen LogP contribution < -0.4 is 5.73 Å². The van der Waals surface area contributed by atoms with Crippen molar-refractivity contribution in [1.29, 1.82) is 0 Å². The van der Waals surface area contributed by atoms with Gasteiger partial charge < -0.3 is 10.8 Å². The SMILES string of the molecule is CC[C@@H](O)[C@@H](N)c1ccc(C(F)(F)F)c(F)c1. The first-order chi connectivity index (χ1) is 7.77. The Morgan fingerprint density at radius 1 is 1.35 bits per heavy atom. The highest BCUT2D eigenvalue weighted by molar-refractivity contribution is 5.28. The van der Waals surface area contributed by atoms with E-state index in [0.29, 0.717) is 18.6 Å². The Labute approximate surface area is 96.1 Å². The van der Waals surface area contributed by atoms with Crippen molar-refractivity contribution in [1.82, 2.24) is 0 Å². The maximum absolute atomic E-state index is 13.2. The van der Waals surface area contributed by atoms with Gasteiger partial charge in [-0.25, -0.2) is 4.39 Å². The molecule has 2 atom stereocenters. The fourth-order valence-electron chi connectivity index (χ4n) is 1.44. The van der Waals surface area contributed by atoms with Gasteiger partial charge in [0.15, 0.2) is 0 Å². The van der Waals surface area contributed by atoms with E-state index in [1.54, 1.807) is 6.92 Å². The molecule has 0 aromatic heterocycles. The molecule has 6 heteroatoms. The molecule has 1 aromatic rings. The Kier molecular flexibility index (Phi) is 4.11. The zero-order valence-electron chi connectivity index (χ0n) is 9.13. The molecule has 0 radical (unpaired) electrons. The van der Waals surface area contributed by atoms with Crippen molar-refractivity contribution in [3.05, 3.63) is 35.1 Å². The van der Waals surface area contributed by atoms with Crippen molar-refractivity contribution in [2.24, 2.45) is 5.73 Å². The van der Waals surface area contributed by atoms with Crippen molar-refractivity contribution in [2.45, 2.75) is 31.7 Å². The maximum Gasteiger partial charge on any atom is 0.419 e. The number of hydrogen-bond acceptors (Lipinski definition) is 2. The first-order valence-electron chi connectivity index (χ1n) is 5.07. The average molecular weight is 251 g/mol. The number of rotatable bonds is 3. The first-order valence-corrected chi connectivity index (χ1v) is 5.07. The van der Waals surface area contributed by atoms with Gasteiger partial charge in [0.25, 0.3) is 0 Å². The lowest BCUT2D eigenvalue weighted by atomic mass is 9.99. The topological polar surface area (TPSA) is 46.2 Å². The molecule has 0 saturated heterocycles. The number of halogens is 4. The van der Waals surface area contributed by atoms with E-state index in [1.807, 2.05) is 0 Å². The van der Waals surface area contributed by atoms with Gasteiger partial charge in [-0.1, -0.05) is 13.0 Å². The molecule has 0 aliphatic heterocycles. The number of aliphatic hydroxyl groups excluding tert-OH is 1. The Hall–Kier alpha value is -1.14. The summed E-state index contributed by atoms with van der Waals surface area (Å²) >= 11 is 0. The van der Waals surface area contributed by atoms with E-state index in [4.69, 9.17) is 5.73 Å². The Bertz CT molecular complexity index is 392. The van der Waals surface area contributed by atoms with Crippen molar-refractivity contribution >= 4 is 0 Å². The lowest BCUT2D eigenvalue weighted by Crippen LogP contribution is -2.25. The summed E-state index contributed by atoms with van der Waals surface area (Å²) < 4.78 is 50.1. The molecule has 0 heterocycles. The summed E-state index contributed by atoms with van der Waals surface area (Å²) in [5.74, 6) is -1.38. The number of hydrogen-bond donors (Lipinski definition) is 2. The van der Waals surface area contributed by atoms with Crippen molar-refractivity contribution in [3.63, 3.8) is 0 Å². The summed E-state index contributed by atoms with van der Waals surface area (Å²) in [7, 11) is 0. The molecule has 3 N–H and O–H groups in total. The van der Waals surface area contributed by atoms with Gasteiger partial charge in [0, 0.05) is 0 Å². The van der Waals surface area contributed by atoms with E-state index in [1.165, 1.54) is 0 Å². The standard InChI is InChI=1S/C11H13F4NO/c1-2-9(17)10(16)6-3-4-7(8(12)5-6)11(13,14)15/h3-5,9-10,17H,2,16H2,1H3/t9-,10+/m1/s1. The van der Waals surface area contributed by atoms with Crippen LogP contribution in [0.5, 0.6) is 0 Å². The molecule has 0 fully saturated rings. The van der Waals surface area contributed by atoms with Gasteiger partial charge in [-0.2, -0.15) is 13.2 Å². The predicted molar refractivity (Wildman–Crippen MR) is 54.6 cm³/mol. The van der Waals surface area contributed by atoms with Gasteiger partial charge in [0.1, 0.15) is 5.82 Å². The normalized spacial score (nSPS) is 15.7. The summed E-state index contributed by atoms with van der Waals surface area (Å²) in [5, 5.41) is 9.43. The van der Waals surface area contributed by atoms with Crippen LogP contribution in [0, 0.1) is 5.82 Å². The molecule has 0 aliphatic rings. The zero-order valence-corrected chi connectivity index (χ0v) is 9.13. The Morgan fingerprint density at radius 2 is 1.94 bits per heavy atom. The van der Waals surface area contributed by atoms with Crippen LogP contribution in [0.4, 0.5) is 17.6 Å². The van der Waals surface area contributed by atoms with Gasteiger partial charge in [0.2, 0.25) is 0 Å². The summed E-state index contributed by atoms with van der Waals surface area (Å²) in [4.78, 5) is 0. The summed E-state index contributed by atoms with van der Waals surface area (Å²) in [5.41, 5.74) is 4.39. The van der Waals surface area contributed by atoms with Crippen LogP contribution in [0.1, 0.15) is 30.5 Å². The van der Waals surface area contributed by atoms with E-state index in [-0.39, 0.29) is 5.56 Å². The predicted octanol–water partition coefficient (Wildman–Crippen LogP) is 2.62. The molecule has 0 saturated carbocycles. The minimum Gasteiger partial charge on any atom is -0.391 e.